The van der Waals surface area contributed by atoms with Crippen molar-refractivity contribution in [3.8, 4) is 5.75 Å². The molecule has 3 rings (SSSR count). The molecule has 2 fully saturated rings. The summed E-state index contributed by atoms with van der Waals surface area (Å²) in [6, 6.07) is 7.08. The number of nitrogens with zero attached hydrogens (tertiary/aromatic N) is 1. The van der Waals surface area contributed by atoms with Gasteiger partial charge in [-0.15, -0.1) is 0 Å². The number of carbonyl (C=O) groups is 1. The maximum Gasteiger partial charge on any atom is 0.256 e. The quantitative estimate of drug-likeness (QED) is 0.919. The average molecular weight is 275 g/mol. The molecule has 1 aromatic rings. The van der Waals surface area contributed by atoms with Gasteiger partial charge in [0.2, 0.25) is 0 Å². The van der Waals surface area contributed by atoms with Crippen LogP contribution in [0.1, 0.15) is 37.4 Å². The molecule has 0 bridgehead atoms. The number of benzene rings is 1. The predicted octanol–water partition coefficient (Wildman–Crippen LogP) is 2.13. The topological polar surface area (TPSA) is 49.8 Å². The molecule has 1 aliphatic carbocycles. The summed E-state index contributed by atoms with van der Waals surface area (Å²) in [5.74, 6) is 0.480. The van der Waals surface area contributed by atoms with Crippen molar-refractivity contribution in [1.82, 2.24) is 4.90 Å². The van der Waals surface area contributed by atoms with Gasteiger partial charge in [0.15, 0.2) is 6.10 Å². The lowest BCUT2D eigenvalue weighted by Crippen LogP contribution is -2.38. The van der Waals surface area contributed by atoms with Crippen LogP contribution in [0, 0.1) is 5.41 Å². The lowest BCUT2D eigenvalue weighted by molar-refractivity contribution is -0.140. The number of aliphatic hydroxyl groups is 1. The second kappa shape index (κ2) is 5.09. The number of likely N-dealkylation sites (tertiary alicyclic amines) is 1. The highest BCUT2D eigenvalue weighted by molar-refractivity contribution is 5.82. The Balaban J connectivity index is 1.70. The molecular formula is C16H21NO3. The van der Waals surface area contributed by atoms with Crippen LogP contribution in [0.3, 0.4) is 0 Å². The zero-order chi connectivity index (χ0) is 14.2. The van der Waals surface area contributed by atoms with E-state index in [1.165, 1.54) is 19.3 Å². The second-order valence-electron chi connectivity index (χ2n) is 6.04. The molecule has 108 valence electrons. The van der Waals surface area contributed by atoms with Crippen LogP contribution in [-0.2, 0) is 4.79 Å². The first-order valence-corrected chi connectivity index (χ1v) is 7.24. The number of amides is 1. The van der Waals surface area contributed by atoms with Crippen molar-refractivity contribution in [2.75, 3.05) is 20.2 Å². The summed E-state index contributed by atoms with van der Waals surface area (Å²) in [7, 11) is 1.58. The molecule has 1 atom stereocenters. The lowest BCUT2D eigenvalue weighted by Gasteiger charge is -2.38. The summed E-state index contributed by atoms with van der Waals surface area (Å²) in [5, 5.41) is 10.3. The van der Waals surface area contributed by atoms with E-state index >= 15 is 0 Å². The minimum Gasteiger partial charge on any atom is -0.497 e. The molecule has 1 spiro atoms. The van der Waals surface area contributed by atoms with Gasteiger partial charge in [-0.3, -0.25) is 4.79 Å². The van der Waals surface area contributed by atoms with Crippen LogP contribution in [0.15, 0.2) is 24.3 Å². The first kappa shape index (κ1) is 13.4. The Morgan fingerprint density at radius 1 is 1.40 bits per heavy atom. The first-order valence-electron chi connectivity index (χ1n) is 7.24. The van der Waals surface area contributed by atoms with Crippen molar-refractivity contribution >= 4 is 5.91 Å². The Labute approximate surface area is 119 Å². The number of ether oxygens (including phenoxy) is 1. The minimum atomic E-state index is -1.08. The van der Waals surface area contributed by atoms with E-state index in [1.54, 1.807) is 31.4 Å². The lowest BCUT2D eigenvalue weighted by atomic mass is 9.68. The molecule has 0 radical (unpaired) electrons. The van der Waals surface area contributed by atoms with Crippen molar-refractivity contribution in [1.29, 1.82) is 0 Å². The number of hydrogen-bond donors (Lipinski definition) is 1. The molecule has 4 heteroatoms. The molecule has 1 saturated carbocycles. The van der Waals surface area contributed by atoms with Crippen LogP contribution in [0.5, 0.6) is 5.75 Å². The van der Waals surface area contributed by atoms with Gasteiger partial charge < -0.3 is 14.7 Å². The van der Waals surface area contributed by atoms with E-state index in [0.717, 1.165) is 19.5 Å². The van der Waals surface area contributed by atoms with Crippen LogP contribution >= 0.6 is 0 Å². The monoisotopic (exact) mass is 275 g/mol. The number of methoxy groups -OCH3 is 1. The summed E-state index contributed by atoms with van der Waals surface area (Å²) < 4.78 is 5.13. The van der Waals surface area contributed by atoms with E-state index < -0.39 is 6.10 Å². The standard InChI is InChI=1S/C16H21NO3/c1-20-13-5-2-4-12(10-13)14(18)15(19)17-9-8-16(11-17)6-3-7-16/h2,4-5,10,14,18H,3,6-9,11H2,1H3. The van der Waals surface area contributed by atoms with Crippen molar-refractivity contribution in [2.24, 2.45) is 5.41 Å². The average Bonchev–Trinajstić information content (AvgIpc) is 2.91. The normalized spacial score (nSPS) is 21.6. The maximum atomic E-state index is 12.4. The summed E-state index contributed by atoms with van der Waals surface area (Å²) in [6.07, 6.45) is 3.74. The fraction of sp³-hybridized carbons (Fsp3) is 0.562. The number of carbonyl (C=O) groups excluding carboxylic acids is 1. The zero-order valence-electron chi connectivity index (χ0n) is 11.8. The second-order valence-corrected chi connectivity index (χ2v) is 6.04. The first-order chi connectivity index (χ1) is 9.63. The summed E-state index contributed by atoms with van der Waals surface area (Å²) in [5.41, 5.74) is 0.966. The van der Waals surface area contributed by atoms with Crippen LogP contribution < -0.4 is 4.74 Å². The van der Waals surface area contributed by atoms with Crippen molar-refractivity contribution < 1.29 is 14.6 Å². The minimum absolute atomic E-state index is 0.179. The largest absolute Gasteiger partial charge is 0.497 e. The predicted molar refractivity (Wildman–Crippen MR) is 75.4 cm³/mol. The number of aliphatic hydroxyl groups excluding tert-OH is 1. The van der Waals surface area contributed by atoms with E-state index in [0.29, 0.717) is 16.7 Å². The highest BCUT2D eigenvalue weighted by Crippen LogP contribution is 2.48. The van der Waals surface area contributed by atoms with Gasteiger partial charge in [0.1, 0.15) is 5.75 Å². The molecule has 1 heterocycles. The Morgan fingerprint density at radius 3 is 2.80 bits per heavy atom. The molecule has 0 aromatic heterocycles. The molecule has 1 aliphatic heterocycles. The maximum absolute atomic E-state index is 12.4. The third kappa shape index (κ3) is 2.29. The summed E-state index contributed by atoms with van der Waals surface area (Å²) in [4.78, 5) is 14.2. The number of hydrogen-bond acceptors (Lipinski definition) is 3. The molecule has 20 heavy (non-hydrogen) atoms. The Hall–Kier alpha value is -1.55. The van der Waals surface area contributed by atoms with Crippen molar-refractivity contribution in [3.63, 3.8) is 0 Å². The van der Waals surface area contributed by atoms with Gasteiger partial charge >= 0.3 is 0 Å². The van der Waals surface area contributed by atoms with E-state index in [4.69, 9.17) is 4.74 Å². The van der Waals surface area contributed by atoms with E-state index in [-0.39, 0.29) is 5.91 Å². The van der Waals surface area contributed by atoms with Crippen LogP contribution in [0.25, 0.3) is 0 Å². The molecule has 1 amide bonds. The van der Waals surface area contributed by atoms with Gasteiger partial charge in [-0.1, -0.05) is 18.6 Å². The van der Waals surface area contributed by atoms with Crippen molar-refractivity contribution in [3.05, 3.63) is 29.8 Å². The fourth-order valence-electron chi connectivity index (χ4n) is 3.34. The fourth-order valence-corrected chi connectivity index (χ4v) is 3.34. The summed E-state index contributed by atoms with van der Waals surface area (Å²) >= 11 is 0. The van der Waals surface area contributed by atoms with Gasteiger partial charge in [-0.25, -0.2) is 0 Å². The third-order valence-corrected chi connectivity index (χ3v) is 4.81. The van der Waals surface area contributed by atoms with E-state index in [1.807, 2.05) is 4.90 Å². The molecule has 1 unspecified atom stereocenters. The van der Waals surface area contributed by atoms with Gasteiger partial charge in [0, 0.05) is 13.1 Å². The van der Waals surface area contributed by atoms with Crippen LogP contribution in [-0.4, -0.2) is 36.1 Å². The number of rotatable bonds is 3. The van der Waals surface area contributed by atoms with Gasteiger partial charge in [-0.2, -0.15) is 0 Å². The Morgan fingerprint density at radius 2 is 2.20 bits per heavy atom. The Kier molecular flexibility index (Phi) is 3.42. The van der Waals surface area contributed by atoms with E-state index in [2.05, 4.69) is 0 Å². The zero-order valence-corrected chi connectivity index (χ0v) is 11.8. The van der Waals surface area contributed by atoms with Gasteiger partial charge in [-0.05, 0) is 42.4 Å². The molecule has 4 nitrogen and oxygen atoms in total. The third-order valence-electron chi connectivity index (χ3n) is 4.81. The van der Waals surface area contributed by atoms with Crippen LogP contribution in [0.4, 0.5) is 0 Å². The smallest absolute Gasteiger partial charge is 0.256 e. The SMILES string of the molecule is COc1cccc(C(O)C(=O)N2CCC3(CCC3)C2)c1. The van der Waals surface area contributed by atoms with E-state index in [9.17, 15) is 9.90 Å². The highest BCUT2D eigenvalue weighted by Gasteiger charge is 2.45. The molecule has 1 aromatic carbocycles. The summed E-state index contributed by atoms with van der Waals surface area (Å²) in [6.45, 7) is 1.59. The van der Waals surface area contributed by atoms with Gasteiger partial charge in [0.05, 0.1) is 7.11 Å². The Bertz CT molecular complexity index is 510. The molecule has 1 saturated heterocycles. The van der Waals surface area contributed by atoms with Gasteiger partial charge in [0.25, 0.3) is 5.91 Å². The van der Waals surface area contributed by atoms with Crippen LogP contribution in [0.2, 0.25) is 0 Å². The highest BCUT2D eigenvalue weighted by atomic mass is 16.5. The molecule has 2 aliphatic rings. The van der Waals surface area contributed by atoms with Crippen molar-refractivity contribution in [2.45, 2.75) is 31.8 Å². The molecular weight excluding hydrogens is 254 g/mol. The molecule has 1 N–H and O–H groups in total.